The molecule has 180 valence electrons. The maximum atomic E-state index is 13.5. The zero-order valence-electron chi connectivity index (χ0n) is 19.5. The van der Waals surface area contributed by atoms with Gasteiger partial charge in [0.05, 0.1) is 11.9 Å². The Bertz CT molecular complexity index is 1060. The number of halogens is 1. The fourth-order valence-corrected chi connectivity index (χ4v) is 4.36. The number of hydrogen-bond acceptors (Lipinski definition) is 4. The molecule has 0 spiro atoms. The molecule has 0 heterocycles. The largest absolute Gasteiger partial charge is 0.354 e. The van der Waals surface area contributed by atoms with E-state index in [4.69, 9.17) is 0 Å². The van der Waals surface area contributed by atoms with E-state index in [1.165, 1.54) is 17.0 Å². The number of carbonyl (C=O) groups excluding carboxylic acids is 2. The summed E-state index contributed by atoms with van der Waals surface area (Å²) in [5.41, 5.74) is 2.01. The molecule has 0 bridgehead atoms. The van der Waals surface area contributed by atoms with Crippen LogP contribution >= 0.6 is 0 Å². The molecule has 0 fully saturated rings. The first-order valence-corrected chi connectivity index (χ1v) is 12.8. The van der Waals surface area contributed by atoms with E-state index in [0.717, 1.165) is 40.2 Å². The lowest BCUT2D eigenvalue weighted by Gasteiger charge is -2.33. The minimum absolute atomic E-state index is 0.152. The minimum Gasteiger partial charge on any atom is -0.354 e. The second-order valence-corrected chi connectivity index (χ2v) is 9.88. The highest BCUT2D eigenvalue weighted by Gasteiger charge is 2.31. The lowest BCUT2D eigenvalue weighted by atomic mass is 10.1. The molecule has 9 heteroatoms. The molecular weight excluding hydrogens is 445 g/mol. The number of sulfonamides is 1. The van der Waals surface area contributed by atoms with Crippen LogP contribution < -0.4 is 9.62 Å². The summed E-state index contributed by atoms with van der Waals surface area (Å²) < 4.78 is 39.2. The van der Waals surface area contributed by atoms with Crippen molar-refractivity contribution in [3.8, 4) is 0 Å². The van der Waals surface area contributed by atoms with E-state index in [0.29, 0.717) is 13.0 Å². The van der Waals surface area contributed by atoms with Gasteiger partial charge in [-0.2, -0.15) is 0 Å². The first kappa shape index (κ1) is 26.3. The number of benzene rings is 2. The van der Waals surface area contributed by atoms with Crippen molar-refractivity contribution in [2.24, 2.45) is 0 Å². The molecule has 2 aromatic rings. The first-order chi connectivity index (χ1) is 15.6. The number of nitrogens with one attached hydrogen (secondary N) is 1. The SMILES string of the molecule is CCCNC(=O)[C@@H](CC)N(Cc1cccc(C)c1)C(=O)CN(c1ccc(F)cc1)S(C)(=O)=O. The third-order valence-corrected chi connectivity index (χ3v) is 6.30. The van der Waals surface area contributed by atoms with Gasteiger partial charge in [0.2, 0.25) is 21.8 Å². The minimum atomic E-state index is -3.84. The van der Waals surface area contributed by atoms with Crippen molar-refractivity contribution in [3.63, 3.8) is 0 Å². The normalized spacial score (nSPS) is 12.2. The summed E-state index contributed by atoms with van der Waals surface area (Å²) in [4.78, 5) is 27.7. The van der Waals surface area contributed by atoms with Crippen LogP contribution in [0.2, 0.25) is 0 Å². The number of anilines is 1. The molecule has 0 aliphatic carbocycles. The Morgan fingerprint density at radius 3 is 2.30 bits per heavy atom. The summed E-state index contributed by atoms with van der Waals surface area (Å²) in [6.45, 7) is 5.80. The van der Waals surface area contributed by atoms with E-state index in [1.54, 1.807) is 6.92 Å². The molecular formula is C24H32FN3O4S. The van der Waals surface area contributed by atoms with Crippen molar-refractivity contribution in [1.82, 2.24) is 10.2 Å². The topological polar surface area (TPSA) is 86.8 Å². The molecule has 0 aliphatic heterocycles. The summed E-state index contributed by atoms with van der Waals surface area (Å²) in [7, 11) is -3.84. The van der Waals surface area contributed by atoms with Crippen LogP contribution in [0, 0.1) is 12.7 Å². The Morgan fingerprint density at radius 2 is 1.76 bits per heavy atom. The molecule has 7 nitrogen and oxygen atoms in total. The zero-order chi connectivity index (χ0) is 24.6. The molecule has 0 saturated carbocycles. The highest BCUT2D eigenvalue weighted by atomic mass is 32.2. The molecule has 2 rings (SSSR count). The number of carbonyl (C=O) groups is 2. The number of rotatable bonds is 11. The van der Waals surface area contributed by atoms with Crippen molar-refractivity contribution in [1.29, 1.82) is 0 Å². The van der Waals surface area contributed by atoms with Gasteiger partial charge < -0.3 is 10.2 Å². The van der Waals surface area contributed by atoms with Gasteiger partial charge in [0.15, 0.2) is 0 Å². The fraction of sp³-hybridized carbons (Fsp3) is 0.417. The Hall–Kier alpha value is -2.94. The quantitative estimate of drug-likeness (QED) is 0.538. The second kappa shape index (κ2) is 11.8. The van der Waals surface area contributed by atoms with Gasteiger partial charge in [-0.25, -0.2) is 12.8 Å². The van der Waals surface area contributed by atoms with Crippen molar-refractivity contribution in [2.75, 3.05) is 23.7 Å². The molecule has 0 saturated heterocycles. The van der Waals surface area contributed by atoms with E-state index >= 15 is 0 Å². The summed E-state index contributed by atoms with van der Waals surface area (Å²) >= 11 is 0. The van der Waals surface area contributed by atoms with Crippen LogP contribution in [-0.2, 0) is 26.2 Å². The molecule has 2 amide bonds. The summed E-state index contributed by atoms with van der Waals surface area (Å²) in [6, 6.07) is 11.7. The predicted molar refractivity (Wildman–Crippen MR) is 128 cm³/mol. The van der Waals surface area contributed by atoms with Crippen LogP contribution in [0.5, 0.6) is 0 Å². The van der Waals surface area contributed by atoms with Crippen molar-refractivity contribution in [2.45, 2.75) is 46.2 Å². The standard InChI is InChI=1S/C24H32FN3O4S/c1-5-14-26-24(30)22(6-2)27(16-19-9-7-8-18(3)15-19)23(29)17-28(33(4,31)32)21-12-10-20(25)11-13-21/h7-13,15,22H,5-6,14,16-17H2,1-4H3,(H,26,30)/t22-/m1/s1. The van der Waals surface area contributed by atoms with Gasteiger partial charge >= 0.3 is 0 Å². The summed E-state index contributed by atoms with van der Waals surface area (Å²) in [6.07, 6.45) is 2.10. The van der Waals surface area contributed by atoms with Crippen LogP contribution in [0.3, 0.4) is 0 Å². The van der Waals surface area contributed by atoms with Crippen LogP contribution in [-0.4, -0.2) is 50.5 Å². The average Bonchev–Trinajstić information content (AvgIpc) is 2.75. The van der Waals surface area contributed by atoms with Gasteiger partial charge in [0, 0.05) is 13.1 Å². The van der Waals surface area contributed by atoms with Gasteiger partial charge in [0.1, 0.15) is 18.4 Å². The molecule has 0 unspecified atom stereocenters. The highest BCUT2D eigenvalue weighted by Crippen LogP contribution is 2.20. The third kappa shape index (κ3) is 7.56. The van der Waals surface area contributed by atoms with Crippen molar-refractivity contribution in [3.05, 3.63) is 65.5 Å². The van der Waals surface area contributed by atoms with Crippen LogP contribution in [0.1, 0.15) is 37.8 Å². The van der Waals surface area contributed by atoms with Gasteiger partial charge in [0.25, 0.3) is 0 Å². The Morgan fingerprint density at radius 1 is 1.09 bits per heavy atom. The summed E-state index contributed by atoms with van der Waals surface area (Å²) in [5.74, 6) is -1.32. The maximum Gasteiger partial charge on any atom is 0.244 e. The van der Waals surface area contributed by atoms with E-state index in [1.807, 2.05) is 38.1 Å². The van der Waals surface area contributed by atoms with E-state index in [2.05, 4.69) is 5.32 Å². The fourth-order valence-electron chi connectivity index (χ4n) is 3.51. The second-order valence-electron chi connectivity index (χ2n) is 7.97. The van der Waals surface area contributed by atoms with E-state index < -0.39 is 34.3 Å². The summed E-state index contributed by atoms with van der Waals surface area (Å²) in [5, 5.41) is 2.83. The molecule has 2 aromatic carbocycles. The van der Waals surface area contributed by atoms with Crippen molar-refractivity contribution < 1.29 is 22.4 Å². The zero-order valence-corrected chi connectivity index (χ0v) is 20.4. The predicted octanol–water partition coefficient (Wildman–Crippen LogP) is 3.23. The number of hydrogen-bond donors (Lipinski definition) is 1. The van der Waals surface area contributed by atoms with Gasteiger partial charge in [-0.3, -0.25) is 13.9 Å². The number of aryl methyl sites for hydroxylation is 1. The molecule has 0 aromatic heterocycles. The Balaban J connectivity index is 2.41. The monoisotopic (exact) mass is 477 g/mol. The first-order valence-electron chi connectivity index (χ1n) is 10.9. The maximum absolute atomic E-state index is 13.5. The smallest absolute Gasteiger partial charge is 0.244 e. The number of amides is 2. The van der Waals surface area contributed by atoms with Gasteiger partial charge in [-0.1, -0.05) is 43.7 Å². The third-order valence-electron chi connectivity index (χ3n) is 5.16. The van der Waals surface area contributed by atoms with Crippen molar-refractivity contribution >= 4 is 27.5 Å². The lowest BCUT2D eigenvalue weighted by molar-refractivity contribution is -0.140. The molecule has 1 atom stereocenters. The Labute approximate surface area is 195 Å². The molecule has 33 heavy (non-hydrogen) atoms. The number of nitrogens with zero attached hydrogens (tertiary/aromatic N) is 2. The van der Waals surface area contributed by atoms with E-state index in [9.17, 15) is 22.4 Å². The molecule has 0 radical (unpaired) electrons. The van der Waals surface area contributed by atoms with Crippen LogP contribution in [0.4, 0.5) is 10.1 Å². The highest BCUT2D eigenvalue weighted by molar-refractivity contribution is 7.92. The van der Waals surface area contributed by atoms with Gasteiger partial charge in [-0.05, 0) is 49.6 Å². The lowest BCUT2D eigenvalue weighted by Crippen LogP contribution is -2.52. The molecule has 0 aliphatic rings. The molecule has 1 N–H and O–H groups in total. The van der Waals surface area contributed by atoms with Crippen LogP contribution in [0.15, 0.2) is 48.5 Å². The van der Waals surface area contributed by atoms with E-state index in [-0.39, 0.29) is 18.1 Å². The average molecular weight is 478 g/mol. The Kier molecular flexibility index (Phi) is 9.40. The van der Waals surface area contributed by atoms with Gasteiger partial charge in [-0.15, -0.1) is 0 Å². The van der Waals surface area contributed by atoms with Crippen LogP contribution in [0.25, 0.3) is 0 Å².